The number of halogens is 1. The van der Waals surface area contributed by atoms with Crippen molar-refractivity contribution in [3.8, 4) is 0 Å². The summed E-state index contributed by atoms with van der Waals surface area (Å²) in [4.78, 5) is 2.27. The van der Waals surface area contributed by atoms with Gasteiger partial charge in [0.15, 0.2) is 0 Å². The maximum absolute atomic E-state index is 13.1. The number of hydrogen-bond acceptors (Lipinski definition) is 3. The number of benzene rings is 1. The molecule has 0 spiro atoms. The van der Waals surface area contributed by atoms with Crippen molar-refractivity contribution >= 4 is 0 Å². The Hall–Kier alpha value is -0.970. The maximum atomic E-state index is 13.1. The normalized spacial score (nSPS) is 13.1. The van der Waals surface area contributed by atoms with Gasteiger partial charge in [-0.2, -0.15) is 0 Å². The van der Waals surface area contributed by atoms with E-state index in [1.54, 1.807) is 0 Å². The van der Waals surface area contributed by atoms with Crippen LogP contribution in [0.3, 0.4) is 0 Å². The van der Waals surface area contributed by atoms with Gasteiger partial charge >= 0.3 is 0 Å². The number of rotatable bonds is 10. The zero-order chi connectivity index (χ0) is 15.7. The van der Waals surface area contributed by atoms with Gasteiger partial charge < -0.3 is 10.4 Å². The first-order chi connectivity index (χ1) is 10.1. The summed E-state index contributed by atoms with van der Waals surface area (Å²) in [6, 6.07) is 7.39. The van der Waals surface area contributed by atoms with Crippen LogP contribution in [0.1, 0.15) is 45.2 Å². The fourth-order valence-corrected chi connectivity index (χ4v) is 2.45. The van der Waals surface area contributed by atoms with Crippen LogP contribution in [-0.2, 0) is 0 Å². The quantitative estimate of drug-likeness (QED) is 0.697. The third-order valence-electron chi connectivity index (χ3n) is 3.74. The van der Waals surface area contributed by atoms with Gasteiger partial charge in [-0.1, -0.05) is 19.1 Å². The van der Waals surface area contributed by atoms with Crippen molar-refractivity contribution in [2.45, 2.75) is 45.7 Å². The molecule has 0 saturated carbocycles. The second-order valence-electron chi connectivity index (χ2n) is 5.70. The lowest BCUT2D eigenvalue weighted by atomic mass is 10.0. The van der Waals surface area contributed by atoms with E-state index >= 15 is 0 Å². The molecular weight excluding hydrogens is 267 g/mol. The van der Waals surface area contributed by atoms with Crippen molar-refractivity contribution in [1.82, 2.24) is 10.2 Å². The molecule has 2 N–H and O–H groups in total. The Morgan fingerprint density at radius 1 is 1.19 bits per heavy atom. The van der Waals surface area contributed by atoms with Gasteiger partial charge in [0.05, 0.1) is 6.61 Å². The van der Waals surface area contributed by atoms with E-state index in [2.05, 4.69) is 31.0 Å². The first kappa shape index (κ1) is 18.1. The van der Waals surface area contributed by atoms with E-state index in [1.807, 2.05) is 12.1 Å². The Bertz CT molecular complexity index is 381. The molecule has 21 heavy (non-hydrogen) atoms. The first-order valence-corrected chi connectivity index (χ1v) is 7.92. The van der Waals surface area contributed by atoms with Gasteiger partial charge in [0.25, 0.3) is 0 Å². The molecule has 1 rings (SSSR count). The zero-order valence-corrected chi connectivity index (χ0v) is 13.5. The highest BCUT2D eigenvalue weighted by molar-refractivity contribution is 5.20. The average molecular weight is 296 g/mol. The SMILES string of the molecule is CCCNC(CCN(CCO)C(C)C)c1ccc(F)cc1. The number of nitrogens with one attached hydrogen (secondary N) is 1. The van der Waals surface area contributed by atoms with Crippen LogP contribution >= 0.6 is 0 Å². The molecule has 3 nitrogen and oxygen atoms in total. The lowest BCUT2D eigenvalue weighted by molar-refractivity contribution is 0.159. The molecule has 0 amide bonds. The predicted octanol–water partition coefficient (Wildman–Crippen LogP) is 2.96. The molecule has 0 saturated heterocycles. The van der Waals surface area contributed by atoms with Crippen molar-refractivity contribution in [1.29, 1.82) is 0 Å². The third kappa shape index (κ3) is 6.55. The Morgan fingerprint density at radius 3 is 2.38 bits per heavy atom. The minimum atomic E-state index is -0.197. The monoisotopic (exact) mass is 296 g/mol. The fraction of sp³-hybridized carbons (Fsp3) is 0.647. The Balaban J connectivity index is 2.66. The Labute approximate surface area is 128 Å². The molecule has 0 fully saturated rings. The molecule has 0 aromatic heterocycles. The lowest BCUT2D eigenvalue weighted by Gasteiger charge is -2.28. The topological polar surface area (TPSA) is 35.5 Å². The molecule has 1 unspecified atom stereocenters. The van der Waals surface area contributed by atoms with Crippen molar-refractivity contribution in [2.75, 3.05) is 26.2 Å². The molecule has 0 heterocycles. The van der Waals surface area contributed by atoms with Gasteiger partial charge in [0.1, 0.15) is 5.82 Å². The lowest BCUT2D eigenvalue weighted by Crippen LogP contribution is -2.36. The van der Waals surface area contributed by atoms with E-state index in [-0.39, 0.29) is 18.5 Å². The van der Waals surface area contributed by atoms with Gasteiger partial charge in [0, 0.05) is 25.2 Å². The molecule has 1 atom stereocenters. The summed E-state index contributed by atoms with van der Waals surface area (Å²) in [5.41, 5.74) is 1.12. The third-order valence-corrected chi connectivity index (χ3v) is 3.74. The van der Waals surface area contributed by atoms with Crippen LogP contribution in [0.5, 0.6) is 0 Å². The smallest absolute Gasteiger partial charge is 0.123 e. The number of aliphatic hydroxyl groups excluding tert-OH is 1. The van der Waals surface area contributed by atoms with Crippen molar-refractivity contribution < 1.29 is 9.50 Å². The summed E-state index contributed by atoms with van der Waals surface area (Å²) < 4.78 is 13.1. The zero-order valence-electron chi connectivity index (χ0n) is 13.5. The molecule has 0 aliphatic heterocycles. The molecule has 1 aromatic carbocycles. The van der Waals surface area contributed by atoms with Crippen LogP contribution in [0.25, 0.3) is 0 Å². The van der Waals surface area contributed by atoms with Gasteiger partial charge in [-0.3, -0.25) is 4.90 Å². The Kier molecular flexibility index (Phi) is 8.50. The van der Waals surface area contributed by atoms with Crippen molar-refractivity contribution in [3.05, 3.63) is 35.6 Å². The summed E-state index contributed by atoms with van der Waals surface area (Å²) in [6.45, 7) is 9.16. The van der Waals surface area contributed by atoms with Gasteiger partial charge in [0.2, 0.25) is 0 Å². The molecule has 4 heteroatoms. The maximum Gasteiger partial charge on any atom is 0.123 e. The van der Waals surface area contributed by atoms with Crippen LogP contribution in [0.4, 0.5) is 4.39 Å². The van der Waals surface area contributed by atoms with Crippen LogP contribution in [0, 0.1) is 5.82 Å². The van der Waals surface area contributed by atoms with Gasteiger partial charge in [-0.05, 0) is 50.9 Å². The molecule has 0 bridgehead atoms. The highest BCUT2D eigenvalue weighted by Gasteiger charge is 2.15. The molecule has 1 aromatic rings. The van der Waals surface area contributed by atoms with E-state index in [1.165, 1.54) is 12.1 Å². The standard InChI is InChI=1S/C17H29FN2O/c1-4-10-19-17(15-5-7-16(18)8-6-15)9-11-20(12-13-21)14(2)3/h5-8,14,17,19,21H,4,9-13H2,1-3H3. The highest BCUT2D eigenvalue weighted by atomic mass is 19.1. The van der Waals surface area contributed by atoms with E-state index in [9.17, 15) is 4.39 Å². The predicted molar refractivity (Wildman–Crippen MR) is 85.8 cm³/mol. The van der Waals surface area contributed by atoms with E-state index in [0.29, 0.717) is 12.6 Å². The Morgan fingerprint density at radius 2 is 1.86 bits per heavy atom. The molecule has 120 valence electrons. The molecule has 0 aliphatic rings. The van der Waals surface area contributed by atoms with Crippen LogP contribution < -0.4 is 5.32 Å². The summed E-state index contributed by atoms with van der Waals surface area (Å²) in [5, 5.41) is 12.7. The highest BCUT2D eigenvalue weighted by Crippen LogP contribution is 2.18. The number of aliphatic hydroxyl groups is 1. The van der Waals surface area contributed by atoms with Crippen LogP contribution in [0.15, 0.2) is 24.3 Å². The second-order valence-corrected chi connectivity index (χ2v) is 5.70. The second kappa shape index (κ2) is 9.87. The summed E-state index contributed by atoms with van der Waals surface area (Å²) in [6.07, 6.45) is 2.02. The summed E-state index contributed by atoms with van der Waals surface area (Å²) in [7, 11) is 0. The largest absolute Gasteiger partial charge is 0.395 e. The number of hydrogen-bond donors (Lipinski definition) is 2. The van der Waals surface area contributed by atoms with Crippen LogP contribution in [0.2, 0.25) is 0 Å². The van der Waals surface area contributed by atoms with Gasteiger partial charge in [-0.15, -0.1) is 0 Å². The number of nitrogens with zero attached hydrogens (tertiary/aromatic N) is 1. The van der Waals surface area contributed by atoms with Crippen molar-refractivity contribution in [3.63, 3.8) is 0 Å². The average Bonchev–Trinajstić information content (AvgIpc) is 2.47. The van der Waals surface area contributed by atoms with Crippen molar-refractivity contribution in [2.24, 2.45) is 0 Å². The molecular formula is C17H29FN2O. The van der Waals surface area contributed by atoms with E-state index in [4.69, 9.17) is 5.11 Å². The van der Waals surface area contributed by atoms with Crippen LogP contribution in [-0.4, -0.2) is 42.3 Å². The first-order valence-electron chi connectivity index (χ1n) is 7.92. The minimum Gasteiger partial charge on any atom is -0.395 e. The fourth-order valence-electron chi connectivity index (χ4n) is 2.45. The summed E-state index contributed by atoms with van der Waals surface area (Å²) in [5.74, 6) is -0.197. The molecule has 0 aliphatic carbocycles. The minimum absolute atomic E-state index is 0.182. The van der Waals surface area contributed by atoms with E-state index < -0.39 is 0 Å². The molecule has 0 radical (unpaired) electrons. The van der Waals surface area contributed by atoms with E-state index in [0.717, 1.165) is 31.5 Å². The summed E-state index contributed by atoms with van der Waals surface area (Å²) >= 11 is 0. The van der Waals surface area contributed by atoms with Gasteiger partial charge in [-0.25, -0.2) is 4.39 Å².